The van der Waals surface area contributed by atoms with Gasteiger partial charge in [-0.15, -0.1) is 0 Å². The van der Waals surface area contributed by atoms with Gasteiger partial charge in [0.2, 0.25) is 6.43 Å². The molecule has 1 saturated carbocycles. The third-order valence-corrected chi connectivity index (χ3v) is 4.61. The van der Waals surface area contributed by atoms with Gasteiger partial charge in [-0.1, -0.05) is 30.3 Å². The molecule has 3 nitrogen and oxygen atoms in total. The minimum absolute atomic E-state index is 0.216. The summed E-state index contributed by atoms with van der Waals surface area (Å²) in [5, 5.41) is 0. The van der Waals surface area contributed by atoms with E-state index < -0.39 is 12.3 Å². The molecule has 1 aliphatic heterocycles. The average molecular weight is 295 g/mol. The highest BCUT2D eigenvalue weighted by atomic mass is 19.3. The van der Waals surface area contributed by atoms with Crippen molar-refractivity contribution in [1.29, 1.82) is 0 Å². The number of carbonyl (C=O) groups is 1. The Balaban J connectivity index is 1.48. The molecule has 0 radical (unpaired) electrons. The van der Waals surface area contributed by atoms with E-state index >= 15 is 0 Å². The molecular formula is C16H19F2NO2. The van der Waals surface area contributed by atoms with Gasteiger partial charge in [-0.3, -0.25) is 0 Å². The fourth-order valence-corrected chi connectivity index (χ4v) is 3.51. The van der Waals surface area contributed by atoms with E-state index in [1.165, 1.54) is 0 Å². The molecule has 3 rings (SSSR count). The smallest absolute Gasteiger partial charge is 0.410 e. The van der Waals surface area contributed by atoms with Crippen LogP contribution in [0.4, 0.5) is 13.6 Å². The molecule has 0 bridgehead atoms. The Morgan fingerprint density at radius 3 is 2.38 bits per heavy atom. The molecule has 5 heteroatoms. The lowest BCUT2D eigenvalue weighted by Crippen LogP contribution is -2.30. The van der Waals surface area contributed by atoms with Crippen LogP contribution in [-0.4, -0.2) is 30.5 Å². The molecule has 0 N–H and O–H groups in total. The topological polar surface area (TPSA) is 29.5 Å². The molecule has 2 unspecified atom stereocenters. The summed E-state index contributed by atoms with van der Waals surface area (Å²) in [4.78, 5) is 13.7. The van der Waals surface area contributed by atoms with Gasteiger partial charge in [0.05, 0.1) is 0 Å². The average Bonchev–Trinajstić information content (AvgIpc) is 3.04. The van der Waals surface area contributed by atoms with Gasteiger partial charge in [0.25, 0.3) is 0 Å². The Hall–Kier alpha value is -1.65. The maximum absolute atomic E-state index is 12.7. The Morgan fingerprint density at radius 1 is 1.19 bits per heavy atom. The molecule has 1 saturated heterocycles. The number of halogens is 2. The Bertz CT molecular complexity index is 480. The minimum Gasteiger partial charge on any atom is -0.445 e. The van der Waals surface area contributed by atoms with Gasteiger partial charge in [-0.2, -0.15) is 0 Å². The van der Waals surface area contributed by atoms with Crippen LogP contribution < -0.4 is 0 Å². The second-order valence-electron chi connectivity index (χ2n) is 6.03. The van der Waals surface area contributed by atoms with Crippen molar-refractivity contribution in [2.24, 2.45) is 17.8 Å². The van der Waals surface area contributed by atoms with Crippen LogP contribution in [0.2, 0.25) is 0 Å². The van der Waals surface area contributed by atoms with Gasteiger partial charge in [0, 0.05) is 19.0 Å². The van der Waals surface area contributed by atoms with Crippen molar-refractivity contribution < 1.29 is 18.3 Å². The van der Waals surface area contributed by atoms with Gasteiger partial charge in [-0.05, 0) is 30.2 Å². The summed E-state index contributed by atoms with van der Waals surface area (Å²) < 4.78 is 30.7. The number of carbonyl (C=O) groups excluding carboxylic acids is 1. The first-order chi connectivity index (χ1) is 10.1. The summed E-state index contributed by atoms with van der Waals surface area (Å²) in [6, 6.07) is 9.51. The fraction of sp³-hybridized carbons (Fsp3) is 0.562. The third kappa shape index (κ3) is 3.17. The molecule has 0 spiro atoms. The zero-order chi connectivity index (χ0) is 14.8. The van der Waals surface area contributed by atoms with E-state index in [-0.39, 0.29) is 24.5 Å². The monoisotopic (exact) mass is 295 g/mol. The molecular weight excluding hydrogens is 276 g/mol. The van der Waals surface area contributed by atoms with Crippen molar-refractivity contribution in [2.45, 2.75) is 25.9 Å². The van der Waals surface area contributed by atoms with E-state index in [1.54, 1.807) is 4.90 Å². The van der Waals surface area contributed by atoms with Crippen LogP contribution in [0.15, 0.2) is 30.3 Å². The fourth-order valence-electron chi connectivity index (χ4n) is 3.51. The number of hydrogen-bond acceptors (Lipinski definition) is 2. The summed E-state index contributed by atoms with van der Waals surface area (Å²) in [5.41, 5.74) is 0.947. The largest absolute Gasteiger partial charge is 0.445 e. The van der Waals surface area contributed by atoms with Crippen molar-refractivity contribution >= 4 is 6.09 Å². The number of nitrogens with zero attached hydrogens (tertiary/aromatic N) is 1. The number of hydrogen-bond donors (Lipinski definition) is 0. The first-order valence-corrected chi connectivity index (χ1v) is 7.37. The normalized spacial score (nSPS) is 28.0. The molecule has 0 aromatic heterocycles. The van der Waals surface area contributed by atoms with Crippen LogP contribution in [0.25, 0.3) is 0 Å². The van der Waals surface area contributed by atoms with Crippen LogP contribution in [0.5, 0.6) is 0 Å². The molecule has 1 aromatic carbocycles. The van der Waals surface area contributed by atoms with E-state index in [9.17, 15) is 13.6 Å². The van der Waals surface area contributed by atoms with Crippen LogP contribution in [-0.2, 0) is 11.3 Å². The summed E-state index contributed by atoms with van der Waals surface area (Å²) in [5.74, 6) is -0.0518. The third-order valence-electron chi connectivity index (χ3n) is 4.61. The standard InChI is InChI=1S/C16H19F2NO2/c17-15(18)12-6-13-8-19(9-14(13)7-12)16(20)21-10-11-4-2-1-3-5-11/h1-5,12-15H,6-10H2/t12?,13-,14?/m0/s1. The van der Waals surface area contributed by atoms with E-state index in [1.807, 2.05) is 30.3 Å². The van der Waals surface area contributed by atoms with Gasteiger partial charge >= 0.3 is 6.09 Å². The van der Waals surface area contributed by atoms with Crippen LogP contribution >= 0.6 is 0 Å². The maximum atomic E-state index is 12.7. The summed E-state index contributed by atoms with van der Waals surface area (Å²) >= 11 is 0. The molecule has 1 aliphatic carbocycles. The zero-order valence-electron chi connectivity index (χ0n) is 11.8. The number of amides is 1. The number of benzene rings is 1. The maximum Gasteiger partial charge on any atom is 0.410 e. The summed E-state index contributed by atoms with van der Waals surface area (Å²) in [6.45, 7) is 1.37. The lowest BCUT2D eigenvalue weighted by Gasteiger charge is -2.18. The first kappa shape index (κ1) is 14.3. The van der Waals surface area contributed by atoms with E-state index in [4.69, 9.17) is 4.74 Å². The molecule has 1 heterocycles. The number of ether oxygens (including phenoxy) is 1. The van der Waals surface area contributed by atoms with Crippen molar-refractivity contribution in [3.05, 3.63) is 35.9 Å². The lowest BCUT2D eigenvalue weighted by molar-refractivity contribution is 0.0704. The minimum atomic E-state index is -2.23. The lowest BCUT2D eigenvalue weighted by atomic mass is 10.0. The SMILES string of the molecule is O=C(OCc1ccccc1)N1CC2CC(C(F)F)C[C@H]2C1. The Labute approximate surface area is 122 Å². The summed E-state index contributed by atoms with van der Waals surface area (Å²) in [6.07, 6.45) is -1.49. The van der Waals surface area contributed by atoms with Crippen molar-refractivity contribution in [1.82, 2.24) is 4.90 Å². The number of likely N-dealkylation sites (tertiary alicyclic amines) is 1. The van der Waals surface area contributed by atoms with E-state index in [0.29, 0.717) is 25.9 Å². The molecule has 114 valence electrons. The van der Waals surface area contributed by atoms with Gasteiger partial charge < -0.3 is 9.64 Å². The highest BCUT2D eigenvalue weighted by molar-refractivity contribution is 5.68. The van der Waals surface area contributed by atoms with Crippen LogP contribution in [0.1, 0.15) is 18.4 Å². The molecule has 21 heavy (non-hydrogen) atoms. The highest BCUT2D eigenvalue weighted by Crippen LogP contribution is 2.43. The van der Waals surface area contributed by atoms with Crippen molar-refractivity contribution in [3.63, 3.8) is 0 Å². The molecule has 2 fully saturated rings. The zero-order valence-corrected chi connectivity index (χ0v) is 11.8. The van der Waals surface area contributed by atoms with Gasteiger partial charge in [-0.25, -0.2) is 13.6 Å². The number of alkyl halides is 2. The van der Waals surface area contributed by atoms with Crippen LogP contribution in [0.3, 0.4) is 0 Å². The molecule has 2 aliphatic rings. The summed E-state index contributed by atoms with van der Waals surface area (Å²) in [7, 11) is 0. The Kier molecular flexibility index (Phi) is 4.08. The second-order valence-corrected chi connectivity index (χ2v) is 6.03. The number of fused-ring (bicyclic) bond motifs is 1. The highest BCUT2D eigenvalue weighted by Gasteiger charge is 2.45. The second kappa shape index (κ2) is 6.00. The molecule has 1 amide bonds. The van der Waals surface area contributed by atoms with Crippen molar-refractivity contribution in [3.8, 4) is 0 Å². The van der Waals surface area contributed by atoms with Gasteiger partial charge in [0.15, 0.2) is 0 Å². The predicted octanol–water partition coefficient (Wildman–Crippen LogP) is 3.55. The van der Waals surface area contributed by atoms with Crippen LogP contribution in [0, 0.1) is 17.8 Å². The Morgan fingerprint density at radius 2 is 1.81 bits per heavy atom. The van der Waals surface area contributed by atoms with E-state index in [2.05, 4.69) is 0 Å². The molecule has 1 aromatic rings. The quantitative estimate of drug-likeness (QED) is 0.853. The van der Waals surface area contributed by atoms with Crippen molar-refractivity contribution in [2.75, 3.05) is 13.1 Å². The van der Waals surface area contributed by atoms with Gasteiger partial charge in [0.1, 0.15) is 6.61 Å². The number of rotatable bonds is 3. The predicted molar refractivity (Wildman–Crippen MR) is 73.9 cm³/mol. The van der Waals surface area contributed by atoms with E-state index in [0.717, 1.165) is 5.56 Å². The molecule has 3 atom stereocenters. The first-order valence-electron chi connectivity index (χ1n) is 7.37.